The summed E-state index contributed by atoms with van der Waals surface area (Å²) in [6.07, 6.45) is 2.58. The van der Waals surface area contributed by atoms with Crippen LogP contribution in [0.1, 0.15) is 27.2 Å². The van der Waals surface area contributed by atoms with Crippen LogP contribution in [0.2, 0.25) is 5.02 Å². The van der Waals surface area contributed by atoms with Crippen LogP contribution in [-0.2, 0) is 13.0 Å². The summed E-state index contributed by atoms with van der Waals surface area (Å²) in [5, 5.41) is 9.77. The number of hydrogen-bond donors (Lipinski definition) is 1. The van der Waals surface area contributed by atoms with Crippen LogP contribution in [0.25, 0.3) is 5.69 Å². The Hall–Kier alpha value is -3.50. The van der Waals surface area contributed by atoms with Crippen LogP contribution < -0.4 is 4.74 Å². The van der Waals surface area contributed by atoms with Crippen LogP contribution in [0.15, 0.2) is 91.1 Å². The average molecular weight is 418 g/mol. The van der Waals surface area contributed by atoms with E-state index >= 15 is 0 Å². The van der Waals surface area contributed by atoms with E-state index in [9.17, 15) is 4.79 Å². The van der Waals surface area contributed by atoms with Crippen molar-refractivity contribution in [2.45, 2.75) is 13.0 Å². The number of ether oxygens (including phenoxy) is 1. The van der Waals surface area contributed by atoms with Gasteiger partial charge in [0.2, 0.25) is 0 Å². The molecule has 30 heavy (non-hydrogen) atoms. The summed E-state index contributed by atoms with van der Waals surface area (Å²) < 4.78 is 8.12. The first kappa shape index (κ1) is 19.8. The van der Waals surface area contributed by atoms with E-state index in [0.717, 1.165) is 28.3 Å². The van der Waals surface area contributed by atoms with Gasteiger partial charge in [-0.2, -0.15) is 0 Å². The molecule has 0 fully saturated rings. The lowest BCUT2D eigenvalue weighted by atomic mass is 10.1. The molecule has 150 valence electrons. The number of carbonyl (C=O) groups is 1. The number of carboxylic acids is 1. The van der Waals surface area contributed by atoms with E-state index in [2.05, 4.69) is 0 Å². The maximum Gasteiger partial charge on any atom is 0.335 e. The Morgan fingerprint density at radius 1 is 0.933 bits per heavy atom. The fourth-order valence-electron chi connectivity index (χ4n) is 3.33. The number of hydrogen-bond acceptors (Lipinski definition) is 2. The number of aromatic carboxylic acids is 1. The smallest absolute Gasteiger partial charge is 0.335 e. The molecule has 0 radical (unpaired) electrons. The monoisotopic (exact) mass is 417 g/mol. The molecule has 1 heterocycles. The molecule has 0 spiro atoms. The summed E-state index contributed by atoms with van der Waals surface area (Å²) in [6, 6.07) is 26.5. The molecule has 0 unspecified atom stereocenters. The zero-order chi connectivity index (χ0) is 20.9. The highest BCUT2D eigenvalue weighted by Crippen LogP contribution is 2.27. The quantitative estimate of drug-likeness (QED) is 0.401. The van der Waals surface area contributed by atoms with E-state index in [-0.39, 0.29) is 5.56 Å². The van der Waals surface area contributed by atoms with Crippen molar-refractivity contribution in [3.63, 3.8) is 0 Å². The summed E-state index contributed by atoms with van der Waals surface area (Å²) in [4.78, 5) is 11.1. The molecule has 3 aromatic carbocycles. The number of rotatable bonds is 7. The molecule has 0 aliphatic carbocycles. The molecule has 1 aromatic heterocycles. The number of halogens is 1. The Balaban J connectivity index is 1.58. The van der Waals surface area contributed by atoms with Crippen molar-refractivity contribution in [3.8, 4) is 11.4 Å². The third-order valence-corrected chi connectivity index (χ3v) is 5.09. The normalized spacial score (nSPS) is 10.7. The second-order valence-corrected chi connectivity index (χ2v) is 7.36. The molecule has 0 aliphatic rings. The van der Waals surface area contributed by atoms with E-state index in [1.807, 2.05) is 71.4 Å². The van der Waals surface area contributed by atoms with Gasteiger partial charge in [-0.05, 0) is 60.2 Å². The van der Waals surface area contributed by atoms with Gasteiger partial charge in [0.25, 0.3) is 0 Å². The van der Waals surface area contributed by atoms with E-state index in [0.29, 0.717) is 18.1 Å². The van der Waals surface area contributed by atoms with Gasteiger partial charge in [-0.25, -0.2) is 4.79 Å². The lowest BCUT2D eigenvalue weighted by molar-refractivity contribution is 0.0697. The highest BCUT2D eigenvalue weighted by atomic mass is 35.5. The van der Waals surface area contributed by atoms with Crippen LogP contribution in [-0.4, -0.2) is 15.6 Å². The van der Waals surface area contributed by atoms with E-state index in [4.69, 9.17) is 21.4 Å². The standard InChI is InChI=1S/C25H20ClNO3/c26-21-10-13-24(30-17-18-5-2-1-3-6-18)20(15-21)16-23-7-4-14-27(23)22-11-8-19(9-12-22)25(28)29/h1-15H,16-17H2,(H,28,29). The molecule has 4 aromatic rings. The molecule has 4 nitrogen and oxygen atoms in total. The SMILES string of the molecule is O=C(O)c1ccc(-n2cccc2Cc2cc(Cl)ccc2OCc2ccccc2)cc1. The van der Waals surface area contributed by atoms with Crippen molar-refractivity contribution in [1.29, 1.82) is 0 Å². The van der Waals surface area contributed by atoms with Gasteiger partial charge in [0.05, 0.1) is 5.56 Å². The molecular formula is C25H20ClNO3. The largest absolute Gasteiger partial charge is 0.489 e. The minimum absolute atomic E-state index is 0.263. The van der Waals surface area contributed by atoms with E-state index in [1.54, 1.807) is 24.3 Å². The van der Waals surface area contributed by atoms with Gasteiger partial charge < -0.3 is 14.4 Å². The first-order chi connectivity index (χ1) is 14.6. The molecule has 0 saturated carbocycles. The zero-order valence-electron chi connectivity index (χ0n) is 16.2. The van der Waals surface area contributed by atoms with Crippen LogP contribution in [0.3, 0.4) is 0 Å². The summed E-state index contributed by atoms with van der Waals surface area (Å²) in [6.45, 7) is 0.479. The van der Waals surface area contributed by atoms with Crippen LogP contribution in [0.4, 0.5) is 0 Å². The highest BCUT2D eigenvalue weighted by molar-refractivity contribution is 6.30. The third-order valence-electron chi connectivity index (χ3n) is 4.86. The predicted octanol–water partition coefficient (Wildman–Crippen LogP) is 6.00. The van der Waals surface area contributed by atoms with Crippen molar-refractivity contribution in [2.75, 3.05) is 0 Å². The Morgan fingerprint density at radius 2 is 1.70 bits per heavy atom. The van der Waals surface area contributed by atoms with E-state index < -0.39 is 5.97 Å². The Kier molecular flexibility index (Phi) is 5.87. The molecule has 4 rings (SSSR count). The minimum Gasteiger partial charge on any atom is -0.489 e. The zero-order valence-corrected chi connectivity index (χ0v) is 16.9. The Labute approximate surface area is 179 Å². The van der Waals surface area contributed by atoms with Crippen molar-refractivity contribution in [3.05, 3.63) is 119 Å². The van der Waals surface area contributed by atoms with Gasteiger partial charge in [0.1, 0.15) is 12.4 Å². The fraction of sp³-hybridized carbons (Fsp3) is 0.0800. The Morgan fingerprint density at radius 3 is 2.43 bits per heavy atom. The Bertz CT molecular complexity index is 1150. The number of benzene rings is 3. The van der Waals surface area contributed by atoms with Crippen LogP contribution in [0, 0.1) is 0 Å². The molecule has 0 saturated heterocycles. The van der Waals surface area contributed by atoms with Gasteiger partial charge >= 0.3 is 5.97 Å². The van der Waals surface area contributed by atoms with Crippen molar-refractivity contribution in [2.24, 2.45) is 0 Å². The first-order valence-electron chi connectivity index (χ1n) is 9.55. The predicted molar refractivity (Wildman–Crippen MR) is 118 cm³/mol. The van der Waals surface area contributed by atoms with Crippen molar-refractivity contribution in [1.82, 2.24) is 4.57 Å². The van der Waals surface area contributed by atoms with Crippen LogP contribution >= 0.6 is 11.6 Å². The molecule has 1 N–H and O–H groups in total. The topological polar surface area (TPSA) is 51.5 Å². The number of nitrogens with zero attached hydrogens (tertiary/aromatic N) is 1. The highest BCUT2D eigenvalue weighted by Gasteiger charge is 2.11. The summed E-state index contributed by atoms with van der Waals surface area (Å²) in [7, 11) is 0. The third kappa shape index (κ3) is 4.56. The second-order valence-electron chi connectivity index (χ2n) is 6.92. The van der Waals surface area contributed by atoms with Gasteiger partial charge in [0, 0.05) is 34.6 Å². The molecular weight excluding hydrogens is 398 g/mol. The van der Waals surface area contributed by atoms with E-state index in [1.165, 1.54) is 0 Å². The number of aromatic nitrogens is 1. The molecule has 0 aliphatic heterocycles. The van der Waals surface area contributed by atoms with Gasteiger partial charge in [0.15, 0.2) is 0 Å². The average Bonchev–Trinajstić information content (AvgIpc) is 3.22. The van der Waals surface area contributed by atoms with Gasteiger partial charge in [-0.3, -0.25) is 0 Å². The molecule has 0 bridgehead atoms. The summed E-state index contributed by atoms with van der Waals surface area (Å²) >= 11 is 6.26. The van der Waals surface area contributed by atoms with Gasteiger partial charge in [-0.1, -0.05) is 41.9 Å². The van der Waals surface area contributed by atoms with Crippen molar-refractivity contribution >= 4 is 17.6 Å². The maximum atomic E-state index is 11.1. The lowest BCUT2D eigenvalue weighted by Crippen LogP contribution is -2.04. The first-order valence-corrected chi connectivity index (χ1v) is 9.93. The molecule has 5 heteroatoms. The number of carboxylic acid groups (broad SMARTS) is 1. The summed E-state index contributed by atoms with van der Waals surface area (Å²) in [5.41, 5.74) is 4.29. The molecule has 0 amide bonds. The van der Waals surface area contributed by atoms with Gasteiger partial charge in [-0.15, -0.1) is 0 Å². The minimum atomic E-state index is -0.937. The maximum absolute atomic E-state index is 11.1. The lowest BCUT2D eigenvalue weighted by Gasteiger charge is -2.14. The fourth-order valence-corrected chi connectivity index (χ4v) is 3.53. The summed E-state index contributed by atoms with van der Waals surface area (Å²) in [5.74, 6) is -0.148. The second kappa shape index (κ2) is 8.89. The van der Waals surface area contributed by atoms with Crippen LogP contribution in [0.5, 0.6) is 5.75 Å². The van der Waals surface area contributed by atoms with Crippen molar-refractivity contribution < 1.29 is 14.6 Å². The molecule has 0 atom stereocenters.